The van der Waals surface area contributed by atoms with Crippen molar-refractivity contribution in [1.29, 1.82) is 0 Å². The average Bonchev–Trinajstić information content (AvgIpc) is 2.94. The van der Waals surface area contributed by atoms with Crippen molar-refractivity contribution in [3.05, 3.63) is 47.8 Å². The van der Waals surface area contributed by atoms with Crippen molar-refractivity contribution in [2.24, 2.45) is 7.05 Å². The molecular weight excluding hydrogens is 322 g/mol. The average molecular weight is 343 g/mol. The standard InChI is InChI=1S/C18H21N3O2S/c1-18(2,23)9-8-14-4-6-15(7-5-14)16(22)19-11-13-24-17-20-10-12-21(17)3/h4-7,10,12,23H,11,13H2,1-3H3,(H,19,22). The highest BCUT2D eigenvalue weighted by Crippen LogP contribution is 2.13. The molecule has 1 aromatic carbocycles. The number of imidazole rings is 1. The first-order valence-electron chi connectivity index (χ1n) is 7.59. The predicted molar refractivity (Wildman–Crippen MR) is 95.9 cm³/mol. The summed E-state index contributed by atoms with van der Waals surface area (Å²) in [4.78, 5) is 16.3. The van der Waals surface area contributed by atoms with Gasteiger partial charge in [-0.25, -0.2) is 4.98 Å². The minimum atomic E-state index is -1.03. The summed E-state index contributed by atoms with van der Waals surface area (Å²) in [6.07, 6.45) is 3.65. The highest BCUT2D eigenvalue weighted by molar-refractivity contribution is 7.99. The molecule has 6 heteroatoms. The first kappa shape index (κ1) is 18.1. The highest BCUT2D eigenvalue weighted by Gasteiger charge is 2.07. The van der Waals surface area contributed by atoms with Crippen molar-refractivity contribution < 1.29 is 9.90 Å². The predicted octanol–water partition coefficient (Wildman–Crippen LogP) is 2.06. The van der Waals surface area contributed by atoms with Crippen molar-refractivity contribution >= 4 is 17.7 Å². The van der Waals surface area contributed by atoms with E-state index < -0.39 is 5.60 Å². The molecule has 0 saturated carbocycles. The van der Waals surface area contributed by atoms with E-state index in [0.717, 1.165) is 16.5 Å². The summed E-state index contributed by atoms with van der Waals surface area (Å²) in [5.41, 5.74) is 0.325. The molecular formula is C18H21N3O2S. The van der Waals surface area contributed by atoms with Gasteiger partial charge in [0, 0.05) is 42.9 Å². The lowest BCUT2D eigenvalue weighted by molar-refractivity contribution is 0.0956. The minimum Gasteiger partial charge on any atom is -0.378 e. The van der Waals surface area contributed by atoms with Gasteiger partial charge in [0.1, 0.15) is 5.60 Å². The Morgan fingerprint density at radius 1 is 1.38 bits per heavy atom. The summed E-state index contributed by atoms with van der Waals surface area (Å²) in [5, 5.41) is 13.4. The zero-order valence-corrected chi connectivity index (χ0v) is 14.9. The summed E-state index contributed by atoms with van der Waals surface area (Å²) in [7, 11) is 1.94. The first-order valence-corrected chi connectivity index (χ1v) is 8.58. The van der Waals surface area contributed by atoms with E-state index in [1.807, 2.05) is 17.8 Å². The van der Waals surface area contributed by atoms with E-state index in [-0.39, 0.29) is 5.91 Å². The molecule has 0 radical (unpaired) electrons. The molecule has 0 bridgehead atoms. The number of aliphatic hydroxyl groups is 1. The maximum atomic E-state index is 12.1. The topological polar surface area (TPSA) is 67.2 Å². The van der Waals surface area contributed by atoms with E-state index in [0.29, 0.717) is 12.1 Å². The number of amides is 1. The number of rotatable bonds is 5. The molecule has 126 valence electrons. The van der Waals surface area contributed by atoms with Crippen LogP contribution in [0.2, 0.25) is 0 Å². The van der Waals surface area contributed by atoms with E-state index in [1.54, 1.807) is 56.1 Å². The summed E-state index contributed by atoms with van der Waals surface area (Å²) < 4.78 is 1.94. The summed E-state index contributed by atoms with van der Waals surface area (Å²) in [5.74, 6) is 6.26. The summed E-state index contributed by atoms with van der Waals surface area (Å²) in [6, 6.07) is 7.01. The van der Waals surface area contributed by atoms with Crippen LogP contribution in [0.15, 0.2) is 41.8 Å². The Labute approximate surface area is 146 Å². The van der Waals surface area contributed by atoms with Crippen LogP contribution in [0, 0.1) is 11.8 Å². The quantitative estimate of drug-likeness (QED) is 0.495. The second kappa shape index (κ2) is 8.04. The van der Waals surface area contributed by atoms with Gasteiger partial charge in [-0.2, -0.15) is 0 Å². The number of aryl methyl sites for hydroxylation is 1. The van der Waals surface area contributed by atoms with Crippen molar-refractivity contribution in [2.45, 2.75) is 24.6 Å². The zero-order valence-electron chi connectivity index (χ0n) is 14.0. The maximum absolute atomic E-state index is 12.1. The summed E-state index contributed by atoms with van der Waals surface area (Å²) >= 11 is 1.60. The lowest BCUT2D eigenvalue weighted by Gasteiger charge is -2.06. The Hall–Kier alpha value is -2.23. The smallest absolute Gasteiger partial charge is 0.251 e. The number of thioether (sulfide) groups is 1. The molecule has 0 aliphatic rings. The Morgan fingerprint density at radius 2 is 2.08 bits per heavy atom. The molecule has 1 amide bonds. The van der Waals surface area contributed by atoms with Crippen LogP contribution in [0.4, 0.5) is 0 Å². The highest BCUT2D eigenvalue weighted by atomic mass is 32.2. The second-order valence-electron chi connectivity index (χ2n) is 5.81. The molecule has 5 nitrogen and oxygen atoms in total. The van der Waals surface area contributed by atoms with Crippen LogP contribution in [0.5, 0.6) is 0 Å². The van der Waals surface area contributed by atoms with Crippen molar-refractivity contribution in [2.75, 3.05) is 12.3 Å². The third kappa shape index (κ3) is 5.76. The molecule has 2 aromatic rings. The van der Waals surface area contributed by atoms with Crippen LogP contribution in [-0.4, -0.2) is 38.5 Å². The van der Waals surface area contributed by atoms with E-state index in [2.05, 4.69) is 22.1 Å². The van der Waals surface area contributed by atoms with Gasteiger partial charge in [0.2, 0.25) is 0 Å². The third-order valence-electron chi connectivity index (χ3n) is 3.06. The SMILES string of the molecule is Cn1ccnc1SCCNC(=O)c1ccc(C#CC(C)(C)O)cc1. The van der Waals surface area contributed by atoms with Gasteiger partial charge in [-0.3, -0.25) is 4.79 Å². The molecule has 0 aliphatic carbocycles. The van der Waals surface area contributed by atoms with E-state index in [1.165, 1.54) is 0 Å². The molecule has 24 heavy (non-hydrogen) atoms. The number of hydrogen-bond donors (Lipinski definition) is 2. The van der Waals surface area contributed by atoms with E-state index in [4.69, 9.17) is 0 Å². The Balaban J connectivity index is 1.82. The van der Waals surface area contributed by atoms with Crippen LogP contribution < -0.4 is 5.32 Å². The third-order valence-corrected chi connectivity index (χ3v) is 4.12. The Kier molecular flexibility index (Phi) is 6.07. The molecule has 2 rings (SSSR count). The van der Waals surface area contributed by atoms with Crippen LogP contribution in [0.25, 0.3) is 0 Å². The molecule has 0 atom stereocenters. The first-order chi connectivity index (χ1) is 11.3. The van der Waals surface area contributed by atoms with Crippen molar-refractivity contribution in [3.8, 4) is 11.8 Å². The molecule has 0 unspecified atom stereocenters. The molecule has 0 fully saturated rings. The van der Waals surface area contributed by atoms with Gasteiger partial charge >= 0.3 is 0 Å². The van der Waals surface area contributed by atoms with Gasteiger partial charge in [0.05, 0.1) is 0 Å². The van der Waals surface area contributed by atoms with Gasteiger partial charge in [-0.15, -0.1) is 0 Å². The van der Waals surface area contributed by atoms with Crippen molar-refractivity contribution in [1.82, 2.24) is 14.9 Å². The Bertz CT molecular complexity index is 749. The molecule has 0 spiro atoms. The number of hydrogen-bond acceptors (Lipinski definition) is 4. The van der Waals surface area contributed by atoms with Gasteiger partial charge in [0.15, 0.2) is 5.16 Å². The fourth-order valence-electron chi connectivity index (χ4n) is 1.83. The largest absolute Gasteiger partial charge is 0.378 e. The van der Waals surface area contributed by atoms with E-state index in [9.17, 15) is 9.90 Å². The second-order valence-corrected chi connectivity index (χ2v) is 6.87. The summed E-state index contributed by atoms with van der Waals surface area (Å²) in [6.45, 7) is 3.83. The fraction of sp³-hybridized carbons (Fsp3) is 0.333. The molecule has 0 saturated heterocycles. The fourth-order valence-corrected chi connectivity index (χ4v) is 2.62. The maximum Gasteiger partial charge on any atom is 0.251 e. The van der Waals surface area contributed by atoms with Crippen LogP contribution in [0.1, 0.15) is 29.8 Å². The van der Waals surface area contributed by atoms with E-state index >= 15 is 0 Å². The number of aromatic nitrogens is 2. The molecule has 2 N–H and O–H groups in total. The molecule has 1 heterocycles. The van der Waals surface area contributed by atoms with Gasteiger partial charge in [-0.1, -0.05) is 23.6 Å². The number of nitrogens with one attached hydrogen (secondary N) is 1. The minimum absolute atomic E-state index is 0.113. The molecule has 0 aliphatic heterocycles. The number of nitrogens with zero attached hydrogens (tertiary/aromatic N) is 2. The van der Waals surface area contributed by atoms with Crippen LogP contribution in [0.3, 0.4) is 0 Å². The number of carbonyl (C=O) groups excluding carboxylic acids is 1. The van der Waals surface area contributed by atoms with Gasteiger partial charge in [0.25, 0.3) is 5.91 Å². The lowest BCUT2D eigenvalue weighted by atomic mass is 10.1. The van der Waals surface area contributed by atoms with Crippen LogP contribution in [-0.2, 0) is 7.05 Å². The zero-order chi connectivity index (χ0) is 17.6. The Morgan fingerprint density at radius 3 is 2.67 bits per heavy atom. The van der Waals surface area contributed by atoms with Crippen molar-refractivity contribution in [3.63, 3.8) is 0 Å². The van der Waals surface area contributed by atoms with Gasteiger partial charge < -0.3 is 15.0 Å². The van der Waals surface area contributed by atoms with Gasteiger partial charge in [-0.05, 0) is 38.1 Å². The molecule has 1 aromatic heterocycles. The number of carbonyl (C=O) groups is 1. The normalized spacial score (nSPS) is 10.8. The number of benzene rings is 1. The lowest BCUT2D eigenvalue weighted by Crippen LogP contribution is -2.25. The monoisotopic (exact) mass is 343 g/mol. The van der Waals surface area contributed by atoms with Crippen LogP contribution >= 0.6 is 11.8 Å².